The van der Waals surface area contributed by atoms with Gasteiger partial charge in [0.25, 0.3) is 0 Å². The van der Waals surface area contributed by atoms with Crippen molar-refractivity contribution in [2.75, 3.05) is 0 Å². The molecule has 2 heteroatoms. The lowest BCUT2D eigenvalue weighted by Gasteiger charge is -2.35. The van der Waals surface area contributed by atoms with Crippen molar-refractivity contribution >= 4 is 65.8 Å². The summed E-state index contributed by atoms with van der Waals surface area (Å²) in [7, 11) is 0. The highest BCUT2D eigenvalue weighted by molar-refractivity contribution is 6.09. The Bertz CT molecular complexity index is 3330. The summed E-state index contributed by atoms with van der Waals surface area (Å²) in [6.07, 6.45) is 7.81. The molecule has 10 aromatic rings. The van der Waals surface area contributed by atoms with Crippen LogP contribution in [0.4, 0.5) is 0 Å². The number of benzene rings is 8. The summed E-state index contributed by atoms with van der Waals surface area (Å²) in [6, 6.07) is 61.4. The molecule has 2 heterocycles. The fourth-order valence-electron chi connectivity index (χ4n) is 9.58. The second kappa shape index (κ2) is 12.2. The first-order chi connectivity index (χ1) is 27.8. The Balaban J connectivity index is 1.13. The zero-order chi connectivity index (χ0) is 36.7. The van der Waals surface area contributed by atoms with Crippen LogP contribution < -0.4 is 0 Å². The van der Waals surface area contributed by atoms with Crippen LogP contribution in [0.15, 0.2) is 202 Å². The van der Waals surface area contributed by atoms with Crippen LogP contribution in [0.3, 0.4) is 0 Å². The van der Waals surface area contributed by atoms with Gasteiger partial charge in [0.2, 0.25) is 0 Å². The summed E-state index contributed by atoms with van der Waals surface area (Å²) in [5.74, 6) is 0.114. The second-order valence-electron chi connectivity index (χ2n) is 15.1. The van der Waals surface area contributed by atoms with Gasteiger partial charge in [0.15, 0.2) is 0 Å². The van der Waals surface area contributed by atoms with Crippen molar-refractivity contribution in [3.8, 4) is 22.3 Å². The van der Waals surface area contributed by atoms with E-state index in [2.05, 4.69) is 176 Å². The molecule has 0 spiro atoms. The minimum absolute atomic E-state index is 0.114. The van der Waals surface area contributed by atoms with Gasteiger partial charge in [-0.1, -0.05) is 152 Å². The number of allylic oxidation sites excluding steroid dienone is 5. The molecule has 0 bridgehead atoms. The highest BCUT2D eigenvalue weighted by atomic mass is 16.3. The van der Waals surface area contributed by atoms with Gasteiger partial charge in [0.1, 0.15) is 22.3 Å². The molecule has 0 fully saturated rings. The molecule has 0 saturated heterocycles. The van der Waals surface area contributed by atoms with Crippen LogP contribution in [0, 0.1) is 5.92 Å². The molecule has 2 aliphatic carbocycles. The van der Waals surface area contributed by atoms with Gasteiger partial charge in [0, 0.05) is 27.5 Å². The van der Waals surface area contributed by atoms with E-state index in [0.717, 1.165) is 55.9 Å². The molecule has 2 nitrogen and oxygen atoms in total. The third kappa shape index (κ3) is 4.69. The van der Waals surface area contributed by atoms with Gasteiger partial charge < -0.3 is 8.83 Å². The largest absolute Gasteiger partial charge is 0.456 e. The molecule has 2 aromatic heterocycles. The molecule has 262 valence electrons. The molecule has 0 aliphatic heterocycles. The lowest BCUT2D eigenvalue weighted by Crippen LogP contribution is -2.20. The van der Waals surface area contributed by atoms with Crippen molar-refractivity contribution in [2.45, 2.75) is 6.42 Å². The first-order valence-electron chi connectivity index (χ1n) is 19.4. The van der Waals surface area contributed by atoms with Crippen molar-refractivity contribution in [3.05, 3.63) is 216 Å². The number of hydrogen-bond donors (Lipinski definition) is 0. The Kier molecular flexibility index (Phi) is 6.79. The lowest BCUT2D eigenvalue weighted by molar-refractivity contribution is 0.668. The Morgan fingerprint density at radius 3 is 1.82 bits per heavy atom. The highest BCUT2D eigenvalue weighted by Gasteiger charge is 2.34. The molecule has 8 aromatic carbocycles. The summed E-state index contributed by atoms with van der Waals surface area (Å²) >= 11 is 0. The molecule has 0 saturated carbocycles. The maximum absolute atomic E-state index is 6.45. The summed E-state index contributed by atoms with van der Waals surface area (Å²) in [5, 5.41) is 7.07. The van der Waals surface area contributed by atoms with E-state index in [1.165, 1.54) is 66.4 Å². The average Bonchev–Trinajstić information content (AvgIpc) is 3.83. The molecule has 1 atom stereocenters. The maximum atomic E-state index is 6.45. The zero-order valence-corrected chi connectivity index (χ0v) is 30.5. The van der Waals surface area contributed by atoms with Crippen LogP contribution in [0.25, 0.3) is 88.0 Å². The molecular weight excluding hydrogens is 681 g/mol. The van der Waals surface area contributed by atoms with Gasteiger partial charge in [-0.2, -0.15) is 0 Å². The first-order valence-corrected chi connectivity index (χ1v) is 19.4. The number of rotatable bonds is 4. The van der Waals surface area contributed by atoms with E-state index in [1.807, 2.05) is 12.1 Å². The fraction of sp³-hybridized carbons (Fsp3) is 0.0370. The van der Waals surface area contributed by atoms with Crippen LogP contribution >= 0.6 is 0 Å². The van der Waals surface area contributed by atoms with E-state index < -0.39 is 0 Å². The van der Waals surface area contributed by atoms with Gasteiger partial charge in [-0.15, -0.1) is 0 Å². The average molecular weight is 715 g/mol. The van der Waals surface area contributed by atoms with Gasteiger partial charge in [-0.3, -0.25) is 0 Å². The molecule has 0 radical (unpaired) electrons. The molecular formula is C54H34O2. The van der Waals surface area contributed by atoms with Crippen molar-refractivity contribution < 1.29 is 8.83 Å². The maximum Gasteiger partial charge on any atom is 0.136 e. The van der Waals surface area contributed by atoms with Gasteiger partial charge >= 0.3 is 0 Å². The topological polar surface area (TPSA) is 26.3 Å². The van der Waals surface area contributed by atoms with Gasteiger partial charge in [0.05, 0.1) is 0 Å². The summed E-state index contributed by atoms with van der Waals surface area (Å²) in [6.45, 7) is 0. The Hall–Kier alpha value is -7.16. The van der Waals surface area contributed by atoms with Crippen LogP contribution in [-0.2, 0) is 6.42 Å². The van der Waals surface area contributed by atoms with E-state index in [4.69, 9.17) is 8.83 Å². The summed E-state index contributed by atoms with van der Waals surface area (Å²) in [5.41, 5.74) is 17.6. The predicted molar refractivity (Wildman–Crippen MR) is 233 cm³/mol. The van der Waals surface area contributed by atoms with E-state index >= 15 is 0 Å². The number of para-hydroxylation sites is 2. The van der Waals surface area contributed by atoms with E-state index in [-0.39, 0.29) is 5.92 Å². The second-order valence-corrected chi connectivity index (χ2v) is 15.1. The number of hydrogen-bond acceptors (Lipinski definition) is 2. The van der Waals surface area contributed by atoms with Crippen LogP contribution in [0.2, 0.25) is 0 Å². The van der Waals surface area contributed by atoms with E-state index in [0.29, 0.717) is 0 Å². The minimum atomic E-state index is 0.114. The molecule has 1 unspecified atom stereocenters. The predicted octanol–water partition coefficient (Wildman–Crippen LogP) is 14.6. The van der Waals surface area contributed by atoms with Crippen LogP contribution in [0.5, 0.6) is 0 Å². The Morgan fingerprint density at radius 1 is 0.429 bits per heavy atom. The highest BCUT2D eigenvalue weighted by Crippen LogP contribution is 2.52. The SMILES string of the molecule is C1=CC2=C(c3c(-c4ccccc4)ccc4ccccc34)c3cccc(-c4ccc5c(c4)oc4ccccc45)c3CC2C(c2ccc3c(c2)oc2ccccc23)=C1. The van der Waals surface area contributed by atoms with Gasteiger partial charge in [-0.05, 0) is 115 Å². The van der Waals surface area contributed by atoms with Crippen molar-refractivity contribution in [1.29, 1.82) is 0 Å². The summed E-state index contributed by atoms with van der Waals surface area (Å²) in [4.78, 5) is 0. The molecule has 12 rings (SSSR count). The molecule has 0 N–H and O–H groups in total. The van der Waals surface area contributed by atoms with E-state index in [1.54, 1.807) is 0 Å². The van der Waals surface area contributed by atoms with E-state index in [9.17, 15) is 0 Å². The minimum Gasteiger partial charge on any atom is -0.456 e. The third-order valence-corrected chi connectivity index (χ3v) is 12.1. The van der Waals surface area contributed by atoms with Crippen molar-refractivity contribution in [1.82, 2.24) is 0 Å². The summed E-state index contributed by atoms with van der Waals surface area (Å²) < 4.78 is 12.9. The Morgan fingerprint density at radius 2 is 1.05 bits per heavy atom. The zero-order valence-electron chi connectivity index (χ0n) is 30.5. The molecule has 0 amide bonds. The Labute approximate surface area is 323 Å². The normalized spacial score (nSPS) is 15.2. The quantitative estimate of drug-likeness (QED) is 0.181. The van der Waals surface area contributed by atoms with Crippen LogP contribution in [0.1, 0.15) is 22.3 Å². The van der Waals surface area contributed by atoms with Crippen LogP contribution in [-0.4, -0.2) is 0 Å². The first kappa shape index (κ1) is 31.2. The molecule has 56 heavy (non-hydrogen) atoms. The number of furan rings is 2. The fourth-order valence-corrected chi connectivity index (χ4v) is 9.58. The van der Waals surface area contributed by atoms with Crippen molar-refractivity contribution in [3.63, 3.8) is 0 Å². The smallest absolute Gasteiger partial charge is 0.136 e. The van der Waals surface area contributed by atoms with Crippen molar-refractivity contribution in [2.24, 2.45) is 5.92 Å². The standard InChI is InChI=1S/C54H34O2/c1-2-12-33(13-3-1)40-27-24-34-14-4-5-15-39(34)53(40)54-45-20-10-18-37(35-25-28-43-41-16-6-8-22-49(41)55-51(43)30-35)47(45)32-48-38(19-11-21-46(48)54)36-26-29-44-42-17-7-9-23-50(42)56-52(44)31-36/h1-31,47H,32H2. The monoisotopic (exact) mass is 714 g/mol. The third-order valence-electron chi connectivity index (χ3n) is 12.1. The molecule has 2 aliphatic rings. The number of fused-ring (bicyclic) bond motifs is 9. The van der Waals surface area contributed by atoms with Gasteiger partial charge in [-0.25, -0.2) is 0 Å². The lowest BCUT2D eigenvalue weighted by atomic mass is 9.68.